The molecule has 170 valence electrons. The second-order valence-corrected chi connectivity index (χ2v) is 11.2. The molecule has 1 aliphatic heterocycles. The van der Waals surface area contributed by atoms with Crippen LogP contribution in [0.2, 0.25) is 10.0 Å². The van der Waals surface area contributed by atoms with E-state index < -0.39 is 0 Å². The average molecular weight is 482 g/mol. The number of benzene rings is 2. The van der Waals surface area contributed by atoms with Crippen molar-refractivity contribution in [3.8, 4) is 11.5 Å². The van der Waals surface area contributed by atoms with Gasteiger partial charge < -0.3 is 20.4 Å². The highest BCUT2D eigenvalue weighted by molar-refractivity contribution is 6.36. The molecular weight excluding hydrogens is 457 g/mol. The van der Waals surface area contributed by atoms with Gasteiger partial charge in [-0.3, -0.25) is 0 Å². The first-order valence-corrected chi connectivity index (χ1v) is 12.5. The third kappa shape index (κ3) is 3.00. The molecule has 5 aliphatic rings. The number of nitrogen functional groups attached to an aromatic ring is 1. The second-order valence-electron chi connectivity index (χ2n) is 10.4. The SMILES string of the molecule is Nc1nnc(-c2ccc3c(c2)NC(c2c(Cl)cccc2Cl)N3C23CC4CC(CC(C4)C2)C3)o1. The predicted molar refractivity (Wildman–Crippen MR) is 130 cm³/mol. The van der Waals surface area contributed by atoms with Gasteiger partial charge in [0, 0.05) is 26.7 Å². The van der Waals surface area contributed by atoms with Crippen LogP contribution in [0.15, 0.2) is 40.8 Å². The number of hydrogen-bond donors (Lipinski definition) is 2. The highest BCUT2D eigenvalue weighted by Crippen LogP contribution is 2.62. The molecule has 3 aromatic rings. The molecule has 8 heteroatoms. The van der Waals surface area contributed by atoms with E-state index in [2.05, 4.69) is 32.5 Å². The molecule has 4 fully saturated rings. The van der Waals surface area contributed by atoms with Gasteiger partial charge in [-0.2, -0.15) is 0 Å². The zero-order chi connectivity index (χ0) is 22.3. The van der Waals surface area contributed by atoms with Crippen LogP contribution in [0.4, 0.5) is 17.4 Å². The fourth-order valence-corrected chi connectivity index (χ4v) is 8.16. The molecule has 0 amide bonds. The fourth-order valence-electron chi connectivity index (χ4n) is 7.56. The molecule has 4 bridgehead atoms. The third-order valence-electron chi connectivity index (χ3n) is 8.28. The Morgan fingerprint density at radius 3 is 2.24 bits per heavy atom. The highest BCUT2D eigenvalue weighted by Gasteiger charge is 2.56. The van der Waals surface area contributed by atoms with Crippen molar-refractivity contribution in [1.82, 2.24) is 10.2 Å². The average Bonchev–Trinajstić information content (AvgIpc) is 3.36. The van der Waals surface area contributed by atoms with Gasteiger partial charge in [0.15, 0.2) is 0 Å². The van der Waals surface area contributed by atoms with Crippen LogP contribution in [0.3, 0.4) is 0 Å². The van der Waals surface area contributed by atoms with Gasteiger partial charge >= 0.3 is 6.01 Å². The fraction of sp³-hybridized carbons (Fsp3) is 0.440. The molecule has 1 atom stereocenters. The van der Waals surface area contributed by atoms with E-state index in [4.69, 9.17) is 33.4 Å². The predicted octanol–water partition coefficient (Wildman–Crippen LogP) is 6.53. The van der Waals surface area contributed by atoms with Crippen LogP contribution < -0.4 is 16.0 Å². The van der Waals surface area contributed by atoms with Crippen molar-refractivity contribution in [3.05, 3.63) is 52.0 Å². The monoisotopic (exact) mass is 481 g/mol. The number of rotatable bonds is 3. The van der Waals surface area contributed by atoms with E-state index >= 15 is 0 Å². The lowest BCUT2D eigenvalue weighted by Crippen LogP contribution is -2.60. The Balaban J connectivity index is 1.38. The Labute approximate surface area is 202 Å². The minimum absolute atomic E-state index is 0.0642. The van der Waals surface area contributed by atoms with Gasteiger partial charge in [0.2, 0.25) is 5.89 Å². The summed E-state index contributed by atoms with van der Waals surface area (Å²) in [5, 5.41) is 13.0. The third-order valence-corrected chi connectivity index (χ3v) is 8.94. The highest BCUT2D eigenvalue weighted by atomic mass is 35.5. The van der Waals surface area contributed by atoms with Crippen molar-refractivity contribution in [3.63, 3.8) is 0 Å². The van der Waals surface area contributed by atoms with Gasteiger partial charge in [-0.15, -0.1) is 5.10 Å². The van der Waals surface area contributed by atoms with E-state index in [1.165, 1.54) is 44.2 Å². The van der Waals surface area contributed by atoms with Crippen molar-refractivity contribution >= 4 is 40.6 Å². The summed E-state index contributed by atoms with van der Waals surface area (Å²) < 4.78 is 5.48. The molecule has 1 aromatic heterocycles. The molecule has 2 heterocycles. The summed E-state index contributed by atoms with van der Waals surface area (Å²) in [6, 6.07) is 12.1. The van der Waals surface area contributed by atoms with Gasteiger partial charge in [0.1, 0.15) is 6.17 Å². The first-order chi connectivity index (χ1) is 16.0. The Kier molecular flexibility index (Phi) is 4.26. The molecule has 0 radical (unpaired) electrons. The Hall–Kier alpha value is -2.44. The van der Waals surface area contributed by atoms with Crippen molar-refractivity contribution in [2.75, 3.05) is 16.0 Å². The molecular formula is C25H25Cl2N5O. The number of nitrogens with one attached hydrogen (secondary N) is 1. The van der Waals surface area contributed by atoms with Crippen molar-refractivity contribution in [1.29, 1.82) is 0 Å². The normalized spacial score (nSPS) is 31.6. The van der Waals surface area contributed by atoms with E-state index in [0.717, 1.165) is 34.6 Å². The summed E-state index contributed by atoms with van der Waals surface area (Å²) in [4.78, 5) is 2.62. The molecule has 4 saturated carbocycles. The van der Waals surface area contributed by atoms with Crippen LogP contribution in [0.25, 0.3) is 11.5 Å². The number of halogens is 2. The largest absolute Gasteiger partial charge is 0.404 e. The lowest BCUT2D eigenvalue weighted by atomic mass is 9.52. The molecule has 2 aromatic carbocycles. The van der Waals surface area contributed by atoms with Crippen molar-refractivity contribution in [2.24, 2.45) is 17.8 Å². The minimum Gasteiger partial charge on any atom is -0.404 e. The Bertz CT molecular complexity index is 1200. The lowest BCUT2D eigenvalue weighted by Gasteiger charge is -2.61. The molecule has 0 spiro atoms. The maximum Gasteiger partial charge on any atom is 0.313 e. The van der Waals surface area contributed by atoms with Crippen LogP contribution >= 0.6 is 23.2 Å². The second kappa shape index (κ2) is 7.03. The quantitative estimate of drug-likeness (QED) is 0.442. The van der Waals surface area contributed by atoms with Gasteiger partial charge in [0.25, 0.3) is 0 Å². The standard InChI is InChI=1S/C25H25Cl2N5O/c26-17-2-1-3-18(27)21(17)22-29-19-9-16(23-30-31-24(28)33-23)4-5-20(19)32(22)25-10-13-6-14(11-25)8-15(7-13)12-25/h1-5,9,13-15,22,29H,6-8,10-12H2,(H2,28,31). The van der Waals surface area contributed by atoms with E-state index in [0.29, 0.717) is 15.9 Å². The number of fused-ring (bicyclic) bond motifs is 1. The van der Waals surface area contributed by atoms with Gasteiger partial charge in [-0.05, 0) is 86.6 Å². The number of aromatic nitrogens is 2. The summed E-state index contributed by atoms with van der Waals surface area (Å²) in [5.74, 6) is 2.88. The first-order valence-electron chi connectivity index (χ1n) is 11.7. The first kappa shape index (κ1) is 20.0. The number of hydrogen-bond acceptors (Lipinski definition) is 6. The topological polar surface area (TPSA) is 80.2 Å². The summed E-state index contributed by atoms with van der Waals surface area (Å²) in [5.41, 5.74) is 9.77. The summed E-state index contributed by atoms with van der Waals surface area (Å²) in [6.07, 6.45) is 7.76. The summed E-state index contributed by atoms with van der Waals surface area (Å²) in [7, 11) is 0. The van der Waals surface area contributed by atoms with Crippen molar-refractivity contribution < 1.29 is 4.42 Å². The van der Waals surface area contributed by atoms with Gasteiger partial charge in [0.05, 0.1) is 11.4 Å². The molecule has 8 rings (SSSR count). The molecule has 0 saturated heterocycles. The van der Waals surface area contributed by atoms with Crippen molar-refractivity contribution in [2.45, 2.75) is 50.2 Å². The molecule has 4 aliphatic carbocycles. The van der Waals surface area contributed by atoms with Crippen LogP contribution in [0.1, 0.15) is 50.3 Å². The number of anilines is 3. The van der Waals surface area contributed by atoms with Crippen LogP contribution in [-0.2, 0) is 0 Å². The number of nitrogens with two attached hydrogens (primary N) is 1. The van der Waals surface area contributed by atoms with Crippen LogP contribution in [0.5, 0.6) is 0 Å². The maximum absolute atomic E-state index is 6.76. The minimum atomic E-state index is -0.125. The number of nitrogens with zero attached hydrogens (tertiary/aromatic N) is 3. The summed E-state index contributed by atoms with van der Waals surface area (Å²) >= 11 is 13.5. The summed E-state index contributed by atoms with van der Waals surface area (Å²) in [6.45, 7) is 0. The zero-order valence-electron chi connectivity index (χ0n) is 18.1. The van der Waals surface area contributed by atoms with E-state index in [-0.39, 0.29) is 17.7 Å². The van der Waals surface area contributed by atoms with E-state index in [9.17, 15) is 0 Å². The van der Waals surface area contributed by atoms with Crippen LogP contribution in [-0.4, -0.2) is 15.7 Å². The molecule has 1 unspecified atom stereocenters. The molecule has 33 heavy (non-hydrogen) atoms. The maximum atomic E-state index is 6.76. The Morgan fingerprint density at radius 1 is 0.970 bits per heavy atom. The van der Waals surface area contributed by atoms with E-state index in [1.54, 1.807) is 0 Å². The Morgan fingerprint density at radius 2 is 1.64 bits per heavy atom. The van der Waals surface area contributed by atoms with Gasteiger partial charge in [-0.1, -0.05) is 34.4 Å². The molecule has 6 nitrogen and oxygen atoms in total. The van der Waals surface area contributed by atoms with E-state index in [1.807, 2.05) is 24.3 Å². The van der Waals surface area contributed by atoms with Gasteiger partial charge in [-0.25, -0.2) is 0 Å². The lowest BCUT2D eigenvalue weighted by molar-refractivity contribution is -0.00651. The molecule has 3 N–H and O–H groups in total. The van der Waals surface area contributed by atoms with Crippen LogP contribution in [0, 0.1) is 17.8 Å². The zero-order valence-corrected chi connectivity index (χ0v) is 19.6. The smallest absolute Gasteiger partial charge is 0.313 e.